The number of rotatable bonds is 4. The summed E-state index contributed by atoms with van der Waals surface area (Å²) in [7, 11) is 1.96. The van der Waals surface area contributed by atoms with Crippen molar-refractivity contribution in [1.29, 1.82) is 0 Å². The molecule has 2 aliphatic heterocycles. The molecule has 0 spiro atoms. The van der Waals surface area contributed by atoms with Crippen molar-refractivity contribution >= 4 is 23.2 Å². The van der Waals surface area contributed by atoms with E-state index < -0.39 is 0 Å². The zero-order chi connectivity index (χ0) is 18.0. The van der Waals surface area contributed by atoms with E-state index in [4.69, 9.17) is 21.1 Å². The van der Waals surface area contributed by atoms with Gasteiger partial charge in [-0.05, 0) is 38.9 Å². The lowest BCUT2D eigenvalue weighted by Crippen LogP contribution is -2.64. The Morgan fingerprint density at radius 1 is 1.20 bits per heavy atom. The molecule has 0 radical (unpaired) electrons. The van der Waals surface area contributed by atoms with E-state index in [9.17, 15) is 0 Å². The minimum atomic E-state index is -0.282. The number of hydrogen-bond acceptors (Lipinski definition) is 7. The van der Waals surface area contributed by atoms with E-state index in [1.807, 2.05) is 7.05 Å². The number of ether oxygens (including phenoxy) is 2. The maximum absolute atomic E-state index is 6.30. The quantitative estimate of drug-likeness (QED) is 0.812. The lowest BCUT2D eigenvalue weighted by Gasteiger charge is -2.48. The molecule has 1 aromatic heterocycles. The average Bonchev–Trinajstić information content (AvgIpc) is 2.63. The molecule has 0 bridgehead atoms. The van der Waals surface area contributed by atoms with E-state index >= 15 is 0 Å². The number of likely N-dealkylation sites (N-methyl/N-ethyl adjacent to an activating group) is 1. The molecule has 0 saturated carbocycles. The first-order valence-corrected chi connectivity index (χ1v) is 9.32. The Balaban J connectivity index is 1.99. The van der Waals surface area contributed by atoms with Gasteiger partial charge in [0.05, 0.1) is 25.4 Å². The molecule has 2 unspecified atom stereocenters. The Kier molecular flexibility index (Phi) is 5.68. The number of aromatic nitrogens is 2. The van der Waals surface area contributed by atoms with E-state index in [1.54, 1.807) is 0 Å². The smallest absolute Gasteiger partial charge is 0.226 e. The number of hydrogen-bond donors (Lipinski definition) is 1. The summed E-state index contributed by atoms with van der Waals surface area (Å²) < 4.78 is 11.5. The van der Waals surface area contributed by atoms with Gasteiger partial charge in [-0.2, -0.15) is 0 Å². The second kappa shape index (κ2) is 7.61. The maximum Gasteiger partial charge on any atom is 0.226 e. The van der Waals surface area contributed by atoms with Crippen molar-refractivity contribution in [3.8, 4) is 0 Å². The highest BCUT2D eigenvalue weighted by Crippen LogP contribution is 2.34. The lowest BCUT2D eigenvalue weighted by atomic mass is 9.95. The topological polar surface area (TPSA) is 62.8 Å². The average molecular weight is 370 g/mol. The Morgan fingerprint density at radius 2 is 1.88 bits per heavy atom. The second-order valence-electron chi connectivity index (χ2n) is 6.76. The van der Waals surface area contributed by atoms with Crippen molar-refractivity contribution in [3.63, 3.8) is 0 Å². The van der Waals surface area contributed by atoms with Crippen LogP contribution in [0.2, 0.25) is 5.28 Å². The third-order valence-electron chi connectivity index (χ3n) is 5.28. The molecule has 1 aromatic rings. The molecule has 2 saturated heterocycles. The van der Waals surface area contributed by atoms with Gasteiger partial charge in [0.25, 0.3) is 0 Å². The van der Waals surface area contributed by atoms with Crippen LogP contribution in [0.5, 0.6) is 0 Å². The van der Waals surface area contributed by atoms with Gasteiger partial charge in [0.1, 0.15) is 17.8 Å². The zero-order valence-electron chi connectivity index (χ0n) is 15.5. The number of halogens is 1. The molecule has 2 aliphatic rings. The van der Waals surface area contributed by atoms with E-state index in [-0.39, 0.29) is 17.1 Å². The Labute approximate surface area is 154 Å². The number of nitrogens with zero attached hydrogens (tertiary/aromatic N) is 4. The van der Waals surface area contributed by atoms with Crippen LogP contribution < -0.4 is 15.1 Å². The fourth-order valence-electron chi connectivity index (χ4n) is 3.73. The van der Waals surface area contributed by atoms with Crippen LogP contribution in [0.4, 0.5) is 11.6 Å². The summed E-state index contributed by atoms with van der Waals surface area (Å²) in [5, 5.41) is 3.68. The van der Waals surface area contributed by atoms with Gasteiger partial charge >= 0.3 is 0 Å². The summed E-state index contributed by atoms with van der Waals surface area (Å²) in [5.41, 5.74) is 0.766. The number of nitrogens with one attached hydrogen (secondary N) is 1. The molecule has 2 atom stereocenters. The van der Waals surface area contributed by atoms with Gasteiger partial charge < -0.3 is 19.3 Å². The van der Waals surface area contributed by atoms with Crippen LogP contribution in [0, 0.1) is 6.92 Å². The molecule has 0 aliphatic carbocycles. The highest BCUT2D eigenvalue weighted by molar-refractivity contribution is 6.28. The Bertz CT molecular complexity index is 611. The van der Waals surface area contributed by atoms with Crippen LogP contribution in [0.3, 0.4) is 0 Å². The third kappa shape index (κ3) is 3.56. The predicted octanol–water partition coefficient (Wildman–Crippen LogP) is 1.83. The monoisotopic (exact) mass is 369 g/mol. The first-order chi connectivity index (χ1) is 12.0. The van der Waals surface area contributed by atoms with Crippen molar-refractivity contribution in [2.45, 2.75) is 39.0 Å². The summed E-state index contributed by atoms with van der Waals surface area (Å²) in [6.07, 6.45) is 0.928. The Hall–Kier alpha value is -1.15. The molecule has 0 aromatic carbocycles. The summed E-state index contributed by atoms with van der Waals surface area (Å²) in [6.45, 7) is 10.8. The normalized spacial score (nSPS) is 27.6. The van der Waals surface area contributed by atoms with Crippen molar-refractivity contribution in [3.05, 3.63) is 10.8 Å². The van der Waals surface area contributed by atoms with Crippen molar-refractivity contribution in [1.82, 2.24) is 15.3 Å². The van der Waals surface area contributed by atoms with E-state index in [1.165, 1.54) is 0 Å². The largest absolute Gasteiger partial charge is 0.378 e. The molecule has 2 fully saturated rings. The number of morpholine rings is 2. The van der Waals surface area contributed by atoms with Crippen molar-refractivity contribution in [2.24, 2.45) is 0 Å². The summed E-state index contributed by atoms with van der Waals surface area (Å²) in [6, 6.07) is 0. The highest BCUT2D eigenvalue weighted by atomic mass is 35.5. The van der Waals surface area contributed by atoms with Crippen molar-refractivity contribution < 1.29 is 9.47 Å². The van der Waals surface area contributed by atoms with E-state index in [0.717, 1.165) is 43.3 Å². The molecule has 25 heavy (non-hydrogen) atoms. The molecular weight excluding hydrogens is 342 g/mol. The summed E-state index contributed by atoms with van der Waals surface area (Å²) >= 11 is 6.30. The molecule has 1 N–H and O–H groups in total. The highest BCUT2D eigenvalue weighted by Gasteiger charge is 2.41. The van der Waals surface area contributed by atoms with Gasteiger partial charge in [-0.25, -0.2) is 9.97 Å². The third-order valence-corrected chi connectivity index (χ3v) is 5.45. The van der Waals surface area contributed by atoms with E-state index in [2.05, 4.69) is 45.9 Å². The maximum atomic E-state index is 6.30. The fourth-order valence-corrected chi connectivity index (χ4v) is 3.89. The number of anilines is 2. The summed E-state index contributed by atoms with van der Waals surface area (Å²) in [4.78, 5) is 13.6. The first-order valence-electron chi connectivity index (χ1n) is 8.95. The van der Waals surface area contributed by atoms with Crippen molar-refractivity contribution in [2.75, 3.05) is 56.3 Å². The van der Waals surface area contributed by atoms with Crippen LogP contribution >= 0.6 is 11.6 Å². The lowest BCUT2D eigenvalue weighted by molar-refractivity contribution is -0.0798. The molecule has 140 valence electrons. The second-order valence-corrected chi connectivity index (χ2v) is 7.10. The first kappa shape index (κ1) is 18.6. The van der Waals surface area contributed by atoms with Gasteiger partial charge in [-0.1, -0.05) is 6.92 Å². The minimum absolute atomic E-state index is 0.0217. The molecule has 0 amide bonds. The summed E-state index contributed by atoms with van der Waals surface area (Å²) in [5.74, 6) is 1.78. The van der Waals surface area contributed by atoms with Crippen LogP contribution in [-0.4, -0.2) is 68.2 Å². The van der Waals surface area contributed by atoms with Crippen LogP contribution in [0.15, 0.2) is 0 Å². The standard InChI is InChI=1S/C17H28ClN5O2/c1-5-17(3)15(19-4)23(8-11-25-17)14-12(2)13(20-16(18)21-14)22-6-9-24-10-7-22/h15,19H,5-11H2,1-4H3. The molecule has 7 nitrogen and oxygen atoms in total. The molecule has 3 heterocycles. The Morgan fingerprint density at radius 3 is 2.52 bits per heavy atom. The molecule has 8 heteroatoms. The minimum Gasteiger partial charge on any atom is -0.378 e. The SMILES string of the molecule is CCC1(C)OCCN(c2nc(Cl)nc(N3CCOCC3)c2C)C1NC. The van der Waals surface area contributed by atoms with Crippen LogP contribution in [-0.2, 0) is 9.47 Å². The van der Waals surface area contributed by atoms with Gasteiger partial charge in [0.2, 0.25) is 5.28 Å². The zero-order valence-corrected chi connectivity index (χ0v) is 16.3. The van der Waals surface area contributed by atoms with Gasteiger partial charge in [-0.3, -0.25) is 5.32 Å². The fraction of sp³-hybridized carbons (Fsp3) is 0.765. The van der Waals surface area contributed by atoms with Gasteiger partial charge in [-0.15, -0.1) is 0 Å². The van der Waals surface area contributed by atoms with Crippen LogP contribution in [0.25, 0.3) is 0 Å². The van der Waals surface area contributed by atoms with Gasteiger partial charge in [0, 0.05) is 25.2 Å². The van der Waals surface area contributed by atoms with Crippen LogP contribution in [0.1, 0.15) is 25.8 Å². The molecule has 3 rings (SSSR count). The molecular formula is C17H28ClN5O2. The predicted molar refractivity (Wildman–Crippen MR) is 99.7 cm³/mol. The van der Waals surface area contributed by atoms with Gasteiger partial charge in [0.15, 0.2) is 0 Å². The van der Waals surface area contributed by atoms with E-state index in [0.29, 0.717) is 19.8 Å².